The summed E-state index contributed by atoms with van der Waals surface area (Å²) in [5.41, 5.74) is 1.08. The quantitative estimate of drug-likeness (QED) is 0.726. The molecule has 8 heteroatoms. The number of hydrogen-bond donors (Lipinski definition) is 3. The highest BCUT2D eigenvalue weighted by Gasteiger charge is 2.28. The number of anilines is 1. The van der Waals surface area contributed by atoms with Crippen LogP contribution >= 0.6 is 11.6 Å². The number of rotatable bonds is 5. The van der Waals surface area contributed by atoms with E-state index in [2.05, 4.69) is 20.2 Å². The minimum Gasteiger partial charge on any atom is -0.391 e. The van der Waals surface area contributed by atoms with Gasteiger partial charge in [0.15, 0.2) is 0 Å². The third-order valence-corrected chi connectivity index (χ3v) is 5.23. The average molecular weight is 391 g/mol. The van der Waals surface area contributed by atoms with Crippen LogP contribution < -0.4 is 10.9 Å². The molecule has 3 rings (SSSR count). The zero-order valence-corrected chi connectivity index (χ0v) is 15.9. The van der Waals surface area contributed by atoms with Crippen LogP contribution in [-0.4, -0.2) is 45.0 Å². The second-order valence-corrected chi connectivity index (χ2v) is 7.24. The van der Waals surface area contributed by atoms with Crippen molar-refractivity contribution in [3.63, 3.8) is 0 Å². The second kappa shape index (κ2) is 8.65. The number of piperidine rings is 1. The van der Waals surface area contributed by atoms with Gasteiger partial charge in [0, 0.05) is 24.5 Å². The number of carbonyl (C=O) groups excluding carboxylic acids is 1. The van der Waals surface area contributed by atoms with Crippen molar-refractivity contribution in [2.24, 2.45) is 0 Å². The molecular weight excluding hydrogens is 368 g/mol. The number of H-pyrrole nitrogens is 1. The number of carbonyl (C=O) groups is 1. The number of aromatic nitrogens is 2. The van der Waals surface area contributed by atoms with Gasteiger partial charge in [-0.05, 0) is 56.0 Å². The number of nitrogens with zero attached hydrogens (tertiary/aromatic N) is 2. The smallest absolute Gasteiger partial charge is 0.253 e. The van der Waals surface area contributed by atoms with E-state index in [1.54, 1.807) is 24.4 Å². The first-order valence-electron chi connectivity index (χ1n) is 8.96. The molecule has 1 amide bonds. The molecule has 0 spiro atoms. The SMILES string of the molecule is C[C@@H](C(=O)Nc1ccc(Cl)cn1)N1CCC[C@@H](c2c[nH]c(=O)c(CO)c2)C1. The number of aromatic amines is 1. The van der Waals surface area contributed by atoms with Gasteiger partial charge in [-0.2, -0.15) is 0 Å². The second-order valence-electron chi connectivity index (χ2n) is 6.81. The molecule has 7 nitrogen and oxygen atoms in total. The van der Waals surface area contributed by atoms with Crippen LogP contribution in [0.5, 0.6) is 0 Å². The number of amides is 1. The van der Waals surface area contributed by atoms with Crippen molar-refractivity contribution in [3.8, 4) is 0 Å². The van der Waals surface area contributed by atoms with Crippen LogP contribution in [0.1, 0.15) is 36.8 Å². The summed E-state index contributed by atoms with van der Waals surface area (Å²) in [7, 11) is 0. The molecule has 0 aromatic carbocycles. The van der Waals surface area contributed by atoms with Gasteiger partial charge in [-0.25, -0.2) is 4.98 Å². The average Bonchev–Trinajstić information content (AvgIpc) is 2.69. The van der Waals surface area contributed by atoms with Gasteiger partial charge < -0.3 is 15.4 Å². The van der Waals surface area contributed by atoms with Crippen molar-refractivity contribution >= 4 is 23.3 Å². The number of aliphatic hydroxyl groups excluding tert-OH is 1. The standard InChI is InChI=1S/C19H23ClN4O3/c1-12(18(26)23-17-5-4-16(20)9-21-17)24-6-2-3-13(10-24)14-7-15(11-25)19(27)22-8-14/h4-5,7-9,12-13,25H,2-3,6,10-11H2,1H3,(H,22,27)(H,21,23,26)/t12-,13+/m0/s1. The Labute approximate surface area is 162 Å². The van der Waals surface area contributed by atoms with E-state index in [-0.39, 0.29) is 30.0 Å². The van der Waals surface area contributed by atoms with E-state index >= 15 is 0 Å². The van der Waals surface area contributed by atoms with Crippen molar-refractivity contribution in [3.05, 3.63) is 57.1 Å². The Morgan fingerprint density at radius 3 is 3.04 bits per heavy atom. The molecule has 0 radical (unpaired) electrons. The van der Waals surface area contributed by atoms with Crippen LogP contribution in [-0.2, 0) is 11.4 Å². The van der Waals surface area contributed by atoms with E-state index < -0.39 is 0 Å². The van der Waals surface area contributed by atoms with Crippen molar-refractivity contribution in [1.82, 2.24) is 14.9 Å². The van der Waals surface area contributed by atoms with E-state index in [0.29, 0.717) is 22.9 Å². The van der Waals surface area contributed by atoms with Gasteiger partial charge in [0.05, 0.1) is 17.7 Å². The van der Waals surface area contributed by atoms with Crippen LogP contribution in [0.4, 0.5) is 5.82 Å². The Morgan fingerprint density at radius 2 is 2.33 bits per heavy atom. The minimum atomic E-state index is -0.314. The van der Waals surface area contributed by atoms with Gasteiger partial charge in [-0.1, -0.05) is 11.6 Å². The summed E-state index contributed by atoms with van der Waals surface area (Å²) in [4.78, 5) is 33.1. The summed E-state index contributed by atoms with van der Waals surface area (Å²) < 4.78 is 0. The van der Waals surface area contributed by atoms with Gasteiger partial charge in [0.1, 0.15) is 5.82 Å². The maximum absolute atomic E-state index is 12.6. The molecule has 3 heterocycles. The lowest BCUT2D eigenvalue weighted by atomic mass is 9.90. The Balaban J connectivity index is 1.67. The Morgan fingerprint density at radius 1 is 1.52 bits per heavy atom. The number of halogens is 1. The Kier molecular flexibility index (Phi) is 6.26. The summed E-state index contributed by atoms with van der Waals surface area (Å²) >= 11 is 5.82. The van der Waals surface area contributed by atoms with Crippen LogP contribution in [0.3, 0.4) is 0 Å². The lowest BCUT2D eigenvalue weighted by Gasteiger charge is -2.36. The number of hydrogen-bond acceptors (Lipinski definition) is 5. The van der Waals surface area contributed by atoms with Gasteiger partial charge in [0.25, 0.3) is 5.56 Å². The highest BCUT2D eigenvalue weighted by Crippen LogP contribution is 2.27. The minimum absolute atomic E-state index is 0.122. The zero-order valence-electron chi connectivity index (χ0n) is 15.1. The highest BCUT2D eigenvalue weighted by molar-refractivity contribution is 6.30. The normalized spacial score (nSPS) is 18.9. The van der Waals surface area contributed by atoms with Gasteiger partial charge in [-0.3, -0.25) is 14.5 Å². The Bertz CT molecular complexity index is 853. The maximum Gasteiger partial charge on any atom is 0.253 e. The number of nitrogens with one attached hydrogen (secondary N) is 2. The van der Waals surface area contributed by atoms with E-state index in [1.807, 2.05) is 6.92 Å². The lowest BCUT2D eigenvalue weighted by molar-refractivity contribution is -0.121. The molecule has 1 aliphatic rings. The molecule has 0 bridgehead atoms. The van der Waals surface area contributed by atoms with E-state index in [0.717, 1.165) is 24.9 Å². The molecule has 1 saturated heterocycles. The predicted molar refractivity (Wildman–Crippen MR) is 104 cm³/mol. The highest BCUT2D eigenvalue weighted by atomic mass is 35.5. The molecule has 1 aliphatic heterocycles. The molecule has 3 N–H and O–H groups in total. The number of aliphatic hydroxyl groups is 1. The van der Waals surface area contributed by atoms with Crippen molar-refractivity contribution in [1.29, 1.82) is 0 Å². The number of pyridine rings is 2. The fourth-order valence-electron chi connectivity index (χ4n) is 3.38. The molecule has 27 heavy (non-hydrogen) atoms. The first-order valence-corrected chi connectivity index (χ1v) is 9.34. The van der Waals surface area contributed by atoms with E-state index in [1.165, 1.54) is 6.20 Å². The first-order chi connectivity index (χ1) is 13.0. The van der Waals surface area contributed by atoms with Crippen LogP contribution in [0.25, 0.3) is 0 Å². The Hall–Kier alpha value is -2.22. The van der Waals surface area contributed by atoms with Crippen LogP contribution in [0, 0.1) is 0 Å². The van der Waals surface area contributed by atoms with Gasteiger partial charge in [-0.15, -0.1) is 0 Å². The van der Waals surface area contributed by atoms with Crippen molar-refractivity contribution < 1.29 is 9.90 Å². The molecular formula is C19H23ClN4O3. The molecule has 0 aliphatic carbocycles. The monoisotopic (exact) mass is 390 g/mol. The summed E-state index contributed by atoms with van der Waals surface area (Å²) in [6, 6.07) is 4.80. The van der Waals surface area contributed by atoms with Gasteiger partial charge >= 0.3 is 0 Å². The third kappa shape index (κ3) is 4.74. The third-order valence-electron chi connectivity index (χ3n) is 5.00. The largest absolute Gasteiger partial charge is 0.391 e. The van der Waals surface area contributed by atoms with Crippen LogP contribution in [0.15, 0.2) is 35.4 Å². The molecule has 1 fully saturated rings. The molecule has 2 atom stereocenters. The molecule has 144 valence electrons. The van der Waals surface area contributed by atoms with E-state index in [4.69, 9.17) is 11.6 Å². The van der Waals surface area contributed by atoms with Crippen molar-refractivity contribution in [2.45, 2.75) is 38.3 Å². The molecule has 2 aromatic rings. The van der Waals surface area contributed by atoms with E-state index in [9.17, 15) is 14.7 Å². The van der Waals surface area contributed by atoms with Crippen molar-refractivity contribution in [2.75, 3.05) is 18.4 Å². The number of likely N-dealkylation sites (tertiary alicyclic amines) is 1. The lowest BCUT2D eigenvalue weighted by Crippen LogP contribution is -2.46. The molecule has 2 aromatic heterocycles. The predicted octanol–water partition coefficient (Wildman–Crippen LogP) is 2.12. The topological polar surface area (TPSA) is 98.3 Å². The summed E-state index contributed by atoms with van der Waals surface area (Å²) in [5, 5.41) is 12.6. The maximum atomic E-state index is 12.6. The van der Waals surface area contributed by atoms with Gasteiger partial charge in [0.2, 0.25) is 5.91 Å². The fourth-order valence-corrected chi connectivity index (χ4v) is 3.49. The van der Waals surface area contributed by atoms with Crippen LogP contribution in [0.2, 0.25) is 5.02 Å². The summed E-state index contributed by atoms with van der Waals surface area (Å²) in [6.45, 7) is 3.13. The molecule has 0 saturated carbocycles. The molecule has 0 unspecified atom stereocenters. The zero-order chi connectivity index (χ0) is 19.4. The summed E-state index contributed by atoms with van der Waals surface area (Å²) in [6.07, 6.45) is 5.13. The fraction of sp³-hybridized carbons (Fsp3) is 0.421. The summed E-state index contributed by atoms with van der Waals surface area (Å²) in [5.74, 6) is 0.547. The first kappa shape index (κ1) is 19.5.